The number of nitrogens with two attached hydrogens (primary N) is 1. The molecule has 1 aliphatic rings. The van der Waals surface area contributed by atoms with E-state index in [1.165, 1.54) is 80.9 Å². The molecule has 0 aromatic heterocycles. The van der Waals surface area contributed by atoms with E-state index in [2.05, 4.69) is 70.7 Å². The molecule has 1 aromatic carbocycles. The van der Waals surface area contributed by atoms with E-state index in [-0.39, 0.29) is 62.3 Å². The second-order valence-electron chi connectivity index (χ2n) is 31.3. The van der Waals surface area contributed by atoms with Gasteiger partial charge in [-0.1, -0.05) is 149 Å². The lowest BCUT2D eigenvalue weighted by Gasteiger charge is -2.30. The molecule has 0 aliphatic carbocycles. The van der Waals surface area contributed by atoms with Crippen molar-refractivity contribution in [2.45, 2.75) is 319 Å². The Morgan fingerprint density at radius 3 is 1.41 bits per heavy atom. The van der Waals surface area contributed by atoms with E-state index in [4.69, 9.17) is 5.73 Å². The number of carboxylic acids is 4. The Morgan fingerprint density at radius 1 is 0.458 bits per heavy atom. The van der Waals surface area contributed by atoms with E-state index in [1.807, 2.05) is 30.5 Å². The molecule has 0 unspecified atom stereocenters. The summed E-state index contributed by atoms with van der Waals surface area (Å²) in [7, 11) is 0. The minimum absolute atomic E-state index is 0.0173. The highest BCUT2D eigenvalue weighted by molar-refractivity contribution is 7.98. The molecule has 39 heteroatoms. The number of unbranched alkanes of at least 4 members (excludes halogenated alkanes) is 14. The molecule has 1 aliphatic heterocycles. The fourth-order valence-corrected chi connectivity index (χ4v) is 14.5. The number of hydrogen-bond donors (Lipinski definition) is 18. The zero-order valence-electron chi connectivity index (χ0n) is 70.9. The van der Waals surface area contributed by atoms with Gasteiger partial charge in [-0.2, -0.15) is 23.5 Å². The van der Waals surface area contributed by atoms with Crippen LogP contribution in [0.15, 0.2) is 24.3 Å². The minimum atomic E-state index is -2.00. The number of benzene rings is 1. The maximum Gasteiger partial charge on any atom is 0.326 e. The quantitative estimate of drug-likeness (QED) is 0.0417. The molecule has 0 bridgehead atoms. The lowest BCUT2D eigenvalue weighted by Crippen LogP contribution is -2.60. The van der Waals surface area contributed by atoms with Crippen LogP contribution >= 0.6 is 23.5 Å². The van der Waals surface area contributed by atoms with Crippen LogP contribution in [0.5, 0.6) is 0 Å². The summed E-state index contributed by atoms with van der Waals surface area (Å²) >= 11 is 2.82. The van der Waals surface area contributed by atoms with Crippen molar-refractivity contribution in [2.75, 3.05) is 31.6 Å². The van der Waals surface area contributed by atoms with Gasteiger partial charge in [0.15, 0.2) is 0 Å². The van der Waals surface area contributed by atoms with E-state index in [0.717, 1.165) is 57.6 Å². The van der Waals surface area contributed by atoms with Crippen LogP contribution in [-0.4, -0.2) is 241 Å². The molecule has 1 heterocycles. The Bertz CT molecular complexity index is 3540. The lowest BCUT2D eigenvalue weighted by molar-refractivity contribution is -0.149. The third-order valence-corrected chi connectivity index (χ3v) is 21.3. The van der Waals surface area contributed by atoms with Gasteiger partial charge in [0.2, 0.25) is 82.7 Å². The fraction of sp³-hybridized carbons (Fsp3) is 0.704. The number of rotatable bonds is 64. The summed E-state index contributed by atoms with van der Waals surface area (Å²) in [5.74, 6) is -18.9. The van der Waals surface area contributed by atoms with Crippen LogP contribution < -0.4 is 69.5 Å². The highest BCUT2D eigenvalue weighted by atomic mass is 32.2. The zero-order chi connectivity index (χ0) is 90.0. The van der Waals surface area contributed by atoms with Crippen molar-refractivity contribution in [3.63, 3.8) is 0 Å². The Labute approximate surface area is 711 Å². The van der Waals surface area contributed by atoms with Gasteiger partial charge in [0.05, 0.1) is 19.1 Å². The minimum Gasteiger partial charge on any atom is -0.481 e. The van der Waals surface area contributed by atoms with Crippen LogP contribution in [0.2, 0.25) is 0 Å². The average Bonchev–Trinajstić information content (AvgIpc) is 1.67. The van der Waals surface area contributed by atoms with E-state index in [1.54, 1.807) is 39.5 Å². The van der Waals surface area contributed by atoms with Gasteiger partial charge in [-0.3, -0.25) is 81.5 Å². The van der Waals surface area contributed by atoms with Crippen LogP contribution in [0.3, 0.4) is 0 Å². The number of amides is 14. The first-order valence-electron chi connectivity index (χ1n) is 41.6. The molecule has 0 radical (unpaired) electrons. The van der Waals surface area contributed by atoms with Gasteiger partial charge in [0, 0.05) is 62.5 Å². The SMILES string of the molecule is CCCCCCCCCCCCCCCCCC(=O)NCCC(=O)N[C@@H](CC(C)C)C(=O)N[C@@H](CCC(N)=O)C(=O)N[C@@H](C)C(=O)N[C@@H](CC(=O)O)C(=O)N[C@@H](C)C(=O)N[C@@H](CCC(=O)O)C(=O)N[C@H](C(=O)NCC(=O)N[C@@H](CCC(=O)O)C(=O)N[C@@H](CSCc1cccc(CSC)c1)C(=O)N[C@@H](CC(C)C)C(=O)N1CCC[C@H]1C(=O)O)[C@@H](C)O. The Kier molecular flexibility index (Phi) is 52.4. The van der Waals surface area contributed by atoms with Crippen molar-refractivity contribution >= 4 is 130 Å². The molecule has 120 heavy (non-hydrogen) atoms. The van der Waals surface area contributed by atoms with Crippen molar-refractivity contribution in [2.24, 2.45) is 17.6 Å². The Hall–Kier alpha value is -9.66. The van der Waals surface area contributed by atoms with Gasteiger partial charge in [0.1, 0.15) is 66.5 Å². The summed E-state index contributed by atoms with van der Waals surface area (Å²) in [6.45, 7) is 11.6. The molecular formula is C81H132N14O23S2. The van der Waals surface area contributed by atoms with Crippen molar-refractivity contribution in [1.82, 2.24) is 68.7 Å². The predicted molar refractivity (Wildman–Crippen MR) is 448 cm³/mol. The van der Waals surface area contributed by atoms with Crippen molar-refractivity contribution in [3.8, 4) is 0 Å². The summed E-state index contributed by atoms with van der Waals surface area (Å²) in [4.78, 5) is 240. The molecule has 37 nitrogen and oxygen atoms in total. The number of aliphatic carboxylic acids is 4. The molecular weight excluding hydrogens is 1600 g/mol. The number of aliphatic hydroxyl groups excluding tert-OH is 1. The number of primary amides is 1. The molecule has 1 saturated heterocycles. The first kappa shape index (κ1) is 106. The summed E-state index contributed by atoms with van der Waals surface area (Å²) in [6, 6.07) is -9.93. The second-order valence-corrected chi connectivity index (χ2v) is 33.2. The first-order valence-corrected chi connectivity index (χ1v) is 44.2. The standard InChI is InChI=1S/C81H132N14O23S2/c1-10-11-12-13-14-15-16-17-18-19-20-21-22-23-24-30-64(98)83-38-37-65(99)88-58(40-48(2)3)77(113)90-56(31-34-63(82)97)73(109)85-51(7)72(108)91-59(43-69(105)106)76(112)86-50(6)71(107)89-57(33-36-68(103)104)75(111)94-70(52(8)96)79(115)84-44-66(100)87-55(32-35-67(101)102)74(110)93-61(47-120-46-54-28-25-27-53(42-54)45-119-9)78(114)92-60(41-49(4)5)80(116)95-39-26-29-62(95)81(117)118/h25,27-28,42,48-52,55-62,70,96H,10-24,26,29-41,43-47H2,1-9H3,(H2,82,97)(H,83,98)(H,84,115)(H,85,109)(H,86,112)(H,87,100)(H,88,99)(H,89,107)(H,90,113)(H,91,108)(H,92,114)(H,93,110)(H,94,111)(H,101,102)(H,103,104)(H,105,106)(H,117,118)/t50-,51-,52+,55-,56-,57-,58-,59-,60-,61-,62-,70-/m0/s1. The normalized spacial score (nSPS) is 15.2. The smallest absolute Gasteiger partial charge is 0.326 e. The number of nitrogens with one attached hydrogen (secondary N) is 12. The zero-order valence-corrected chi connectivity index (χ0v) is 72.5. The van der Waals surface area contributed by atoms with E-state index < -0.39 is 225 Å². The van der Waals surface area contributed by atoms with Gasteiger partial charge >= 0.3 is 23.9 Å². The molecule has 12 atom stereocenters. The third-order valence-electron chi connectivity index (χ3n) is 19.6. The molecule has 676 valence electrons. The monoisotopic (exact) mass is 1730 g/mol. The van der Waals surface area contributed by atoms with Crippen molar-refractivity contribution in [3.05, 3.63) is 35.4 Å². The number of nitrogens with zero attached hydrogens (tertiary/aromatic N) is 1. The lowest BCUT2D eigenvalue weighted by atomic mass is 10.0. The number of hydrogen-bond acceptors (Lipinski definition) is 21. The fourth-order valence-electron chi connectivity index (χ4n) is 13.0. The summed E-state index contributed by atoms with van der Waals surface area (Å²) in [6.07, 6.45) is 13.9. The van der Waals surface area contributed by atoms with Crippen LogP contribution in [0.4, 0.5) is 0 Å². The molecule has 0 saturated carbocycles. The highest BCUT2D eigenvalue weighted by Gasteiger charge is 2.40. The number of carbonyl (C=O) groups is 18. The van der Waals surface area contributed by atoms with Crippen LogP contribution in [0.25, 0.3) is 0 Å². The summed E-state index contributed by atoms with van der Waals surface area (Å²) in [5.41, 5.74) is 7.29. The summed E-state index contributed by atoms with van der Waals surface area (Å²) < 4.78 is 0. The van der Waals surface area contributed by atoms with Crippen LogP contribution in [-0.2, 0) is 97.8 Å². The van der Waals surface area contributed by atoms with Crippen molar-refractivity contribution < 1.29 is 112 Å². The van der Waals surface area contributed by atoms with Crippen molar-refractivity contribution in [1.29, 1.82) is 0 Å². The molecule has 0 spiro atoms. The molecule has 19 N–H and O–H groups in total. The van der Waals surface area contributed by atoms with Gasteiger partial charge < -0.3 is 100.0 Å². The van der Waals surface area contributed by atoms with Gasteiger partial charge in [0.25, 0.3) is 0 Å². The maximum absolute atomic E-state index is 14.4. The van der Waals surface area contributed by atoms with Gasteiger partial charge in [-0.05, 0) is 101 Å². The van der Waals surface area contributed by atoms with E-state index in [0.29, 0.717) is 30.8 Å². The van der Waals surface area contributed by atoms with E-state index in [9.17, 15) is 112 Å². The van der Waals surface area contributed by atoms with Gasteiger partial charge in [-0.15, -0.1) is 0 Å². The molecule has 14 amide bonds. The number of aliphatic hydroxyl groups is 1. The number of carboxylic acid groups (broad SMARTS) is 4. The topological polar surface area (TPSA) is 582 Å². The van der Waals surface area contributed by atoms with Crippen LogP contribution in [0.1, 0.15) is 246 Å². The van der Waals surface area contributed by atoms with Crippen LogP contribution in [0, 0.1) is 11.8 Å². The second kappa shape index (κ2) is 59.1. The summed E-state index contributed by atoms with van der Waals surface area (Å²) in [5, 5.41) is 78.3. The number of thioether (sulfide) groups is 2. The van der Waals surface area contributed by atoms with E-state index >= 15 is 0 Å². The highest BCUT2D eigenvalue weighted by Crippen LogP contribution is 2.23. The number of likely N-dealkylation sites (tertiary alicyclic amines) is 1. The molecule has 1 fully saturated rings. The molecule has 1 aromatic rings. The first-order chi connectivity index (χ1) is 56.8. The Balaban J connectivity index is 2.18. The predicted octanol–water partition coefficient (Wildman–Crippen LogP) is 2.57. The van der Waals surface area contributed by atoms with Gasteiger partial charge in [-0.25, -0.2) is 4.79 Å². The number of carbonyl (C=O) groups excluding carboxylic acids is 14. The largest absolute Gasteiger partial charge is 0.481 e. The maximum atomic E-state index is 14.4. The average molecular weight is 1730 g/mol. The Morgan fingerprint density at radius 2 is 0.900 bits per heavy atom. The molecule has 2 rings (SSSR count). The third kappa shape index (κ3) is 45.1.